The van der Waals surface area contributed by atoms with Crippen LogP contribution in [0.3, 0.4) is 0 Å². The van der Waals surface area contributed by atoms with Crippen molar-refractivity contribution in [1.82, 2.24) is 10.0 Å². The Bertz CT molecular complexity index is 482. The fraction of sp³-hybridized carbons (Fsp3) is 0.300. The molecule has 0 saturated carbocycles. The second kappa shape index (κ2) is 5.65. The maximum Gasteiger partial charge on any atom is 0.264 e. The van der Waals surface area contributed by atoms with Crippen LogP contribution in [0.4, 0.5) is 5.69 Å². The smallest absolute Gasteiger partial charge is 0.264 e. The lowest BCUT2D eigenvalue weighted by atomic mass is 10.3. The molecule has 94 valence electrons. The van der Waals surface area contributed by atoms with Gasteiger partial charge in [0.2, 0.25) is 5.91 Å². The van der Waals surface area contributed by atoms with Crippen LogP contribution in [-0.2, 0) is 14.8 Å². The molecule has 17 heavy (non-hydrogen) atoms. The maximum absolute atomic E-state index is 11.7. The molecule has 0 aliphatic heterocycles. The topological polar surface area (TPSA) is 101 Å². The van der Waals surface area contributed by atoms with Gasteiger partial charge >= 0.3 is 0 Å². The van der Waals surface area contributed by atoms with Crippen molar-refractivity contribution in [2.45, 2.75) is 11.8 Å². The molecule has 6 nitrogen and oxygen atoms in total. The average molecular weight is 257 g/mol. The van der Waals surface area contributed by atoms with Gasteiger partial charge in [-0.05, 0) is 30.8 Å². The van der Waals surface area contributed by atoms with Crippen LogP contribution in [0.1, 0.15) is 6.92 Å². The molecule has 0 aromatic heterocycles. The Labute approximate surface area is 100 Å². The Kier molecular flexibility index (Phi) is 4.47. The Morgan fingerprint density at radius 2 is 1.88 bits per heavy atom. The highest BCUT2D eigenvalue weighted by molar-refractivity contribution is 7.90. The minimum Gasteiger partial charge on any atom is -0.399 e. The fourth-order valence-corrected chi connectivity index (χ4v) is 2.11. The number of hydrogen-bond acceptors (Lipinski definition) is 5. The Morgan fingerprint density at radius 1 is 1.29 bits per heavy atom. The molecule has 7 heteroatoms. The molecule has 1 aromatic rings. The van der Waals surface area contributed by atoms with E-state index in [0.717, 1.165) is 0 Å². The predicted octanol–water partition coefficient (Wildman–Crippen LogP) is -0.317. The Hall–Kier alpha value is -1.60. The second-order valence-electron chi connectivity index (χ2n) is 3.38. The number of rotatable bonds is 5. The van der Waals surface area contributed by atoms with Crippen LogP contribution in [0.2, 0.25) is 0 Å². The van der Waals surface area contributed by atoms with Gasteiger partial charge < -0.3 is 11.1 Å². The molecule has 4 N–H and O–H groups in total. The zero-order chi connectivity index (χ0) is 12.9. The van der Waals surface area contributed by atoms with Crippen LogP contribution in [0.5, 0.6) is 0 Å². The van der Waals surface area contributed by atoms with E-state index >= 15 is 0 Å². The molecule has 0 saturated heterocycles. The monoisotopic (exact) mass is 257 g/mol. The number of nitrogens with one attached hydrogen (secondary N) is 2. The molecular formula is C10H15N3O3S. The number of carbonyl (C=O) groups is 1. The molecule has 0 unspecified atom stereocenters. The number of nitrogen functional groups attached to an aromatic ring is 1. The van der Waals surface area contributed by atoms with E-state index in [1.807, 2.05) is 11.6 Å². The summed E-state index contributed by atoms with van der Waals surface area (Å²) in [5.41, 5.74) is 5.91. The molecule has 1 amide bonds. The first-order valence-electron chi connectivity index (χ1n) is 5.07. The SMILES string of the molecule is CCNCC(=O)NS(=O)(=O)c1ccc(N)cc1. The third-order valence-corrected chi connectivity index (χ3v) is 3.36. The largest absolute Gasteiger partial charge is 0.399 e. The van der Waals surface area contributed by atoms with Crippen molar-refractivity contribution in [2.75, 3.05) is 18.8 Å². The molecule has 0 atom stereocenters. The van der Waals surface area contributed by atoms with Gasteiger partial charge in [0.15, 0.2) is 0 Å². The Balaban J connectivity index is 2.75. The van der Waals surface area contributed by atoms with Crippen molar-refractivity contribution < 1.29 is 13.2 Å². The number of amides is 1. The van der Waals surface area contributed by atoms with E-state index in [1.165, 1.54) is 24.3 Å². The highest BCUT2D eigenvalue weighted by atomic mass is 32.2. The van der Waals surface area contributed by atoms with E-state index in [1.54, 1.807) is 0 Å². The van der Waals surface area contributed by atoms with Crippen molar-refractivity contribution in [3.05, 3.63) is 24.3 Å². The third-order valence-electron chi connectivity index (χ3n) is 1.97. The number of nitrogens with two attached hydrogens (primary N) is 1. The van der Waals surface area contributed by atoms with Crippen LogP contribution in [0, 0.1) is 0 Å². The van der Waals surface area contributed by atoms with Crippen LogP contribution in [0.15, 0.2) is 29.2 Å². The summed E-state index contributed by atoms with van der Waals surface area (Å²) < 4.78 is 25.4. The number of carbonyl (C=O) groups excluding carboxylic acids is 1. The summed E-state index contributed by atoms with van der Waals surface area (Å²) >= 11 is 0. The fourth-order valence-electron chi connectivity index (χ4n) is 1.13. The highest BCUT2D eigenvalue weighted by Crippen LogP contribution is 2.10. The standard InChI is InChI=1S/C10H15N3O3S/c1-2-12-7-10(14)13-17(15,16)9-5-3-8(11)4-6-9/h3-6,12H,2,7,11H2,1H3,(H,13,14). The summed E-state index contributed by atoms with van der Waals surface area (Å²) in [4.78, 5) is 11.3. The van der Waals surface area contributed by atoms with Crippen molar-refractivity contribution in [3.63, 3.8) is 0 Å². The van der Waals surface area contributed by atoms with Gasteiger partial charge in [-0.25, -0.2) is 13.1 Å². The van der Waals surface area contributed by atoms with Gasteiger partial charge in [0.25, 0.3) is 10.0 Å². The quantitative estimate of drug-likeness (QED) is 0.628. The van der Waals surface area contributed by atoms with E-state index in [0.29, 0.717) is 12.2 Å². The minimum absolute atomic E-state index is 0.0107. The average Bonchev–Trinajstić information content (AvgIpc) is 2.26. The zero-order valence-electron chi connectivity index (χ0n) is 9.43. The molecular weight excluding hydrogens is 242 g/mol. The molecule has 0 fully saturated rings. The first kappa shape index (κ1) is 13.5. The molecule has 0 heterocycles. The summed E-state index contributed by atoms with van der Waals surface area (Å²) in [6.45, 7) is 2.38. The first-order chi connectivity index (χ1) is 7.95. The summed E-state index contributed by atoms with van der Waals surface area (Å²) in [5, 5.41) is 2.73. The zero-order valence-corrected chi connectivity index (χ0v) is 10.3. The molecule has 1 aromatic carbocycles. The molecule has 0 spiro atoms. The number of hydrogen-bond donors (Lipinski definition) is 3. The van der Waals surface area contributed by atoms with Gasteiger partial charge in [-0.15, -0.1) is 0 Å². The van der Waals surface area contributed by atoms with Crippen molar-refractivity contribution >= 4 is 21.6 Å². The van der Waals surface area contributed by atoms with Gasteiger partial charge in [0.1, 0.15) is 0 Å². The molecule has 0 bridgehead atoms. The minimum atomic E-state index is -3.80. The summed E-state index contributed by atoms with van der Waals surface area (Å²) in [6.07, 6.45) is 0. The van der Waals surface area contributed by atoms with Gasteiger partial charge in [-0.3, -0.25) is 4.79 Å². The van der Waals surface area contributed by atoms with Crippen molar-refractivity contribution in [2.24, 2.45) is 0 Å². The lowest BCUT2D eigenvalue weighted by Gasteiger charge is -2.07. The van der Waals surface area contributed by atoms with E-state index in [4.69, 9.17) is 5.73 Å². The van der Waals surface area contributed by atoms with Crippen LogP contribution in [0.25, 0.3) is 0 Å². The lowest BCUT2D eigenvalue weighted by Crippen LogP contribution is -2.37. The predicted molar refractivity (Wildman–Crippen MR) is 64.7 cm³/mol. The van der Waals surface area contributed by atoms with E-state index < -0.39 is 15.9 Å². The first-order valence-corrected chi connectivity index (χ1v) is 6.56. The molecule has 0 aliphatic rings. The van der Waals surface area contributed by atoms with Gasteiger partial charge in [0.05, 0.1) is 11.4 Å². The summed E-state index contributed by atoms with van der Waals surface area (Å²) in [5.74, 6) is -0.594. The maximum atomic E-state index is 11.7. The lowest BCUT2D eigenvalue weighted by molar-refractivity contribution is -0.118. The van der Waals surface area contributed by atoms with E-state index in [2.05, 4.69) is 5.32 Å². The van der Waals surface area contributed by atoms with Crippen molar-refractivity contribution in [3.8, 4) is 0 Å². The third kappa shape index (κ3) is 4.04. The molecule has 1 rings (SSSR count). The summed E-state index contributed by atoms with van der Waals surface area (Å²) in [7, 11) is -3.80. The highest BCUT2D eigenvalue weighted by Gasteiger charge is 2.16. The van der Waals surface area contributed by atoms with Gasteiger partial charge in [0, 0.05) is 5.69 Å². The van der Waals surface area contributed by atoms with Gasteiger partial charge in [-0.2, -0.15) is 0 Å². The van der Waals surface area contributed by atoms with Crippen LogP contribution >= 0.6 is 0 Å². The number of anilines is 1. The normalized spacial score (nSPS) is 11.1. The van der Waals surface area contributed by atoms with Crippen molar-refractivity contribution in [1.29, 1.82) is 0 Å². The number of benzene rings is 1. The second-order valence-corrected chi connectivity index (χ2v) is 5.06. The van der Waals surface area contributed by atoms with Crippen LogP contribution in [-0.4, -0.2) is 27.4 Å². The summed E-state index contributed by atoms with van der Waals surface area (Å²) in [6, 6.07) is 5.61. The molecule has 0 radical (unpaired) electrons. The van der Waals surface area contributed by atoms with E-state index in [9.17, 15) is 13.2 Å². The number of likely N-dealkylation sites (N-methyl/N-ethyl adjacent to an activating group) is 1. The number of sulfonamides is 1. The van der Waals surface area contributed by atoms with Gasteiger partial charge in [-0.1, -0.05) is 6.92 Å². The Morgan fingerprint density at radius 3 is 2.41 bits per heavy atom. The molecule has 0 aliphatic carbocycles. The van der Waals surface area contributed by atoms with Crippen LogP contribution < -0.4 is 15.8 Å². The van der Waals surface area contributed by atoms with E-state index in [-0.39, 0.29) is 11.4 Å².